The van der Waals surface area contributed by atoms with Gasteiger partial charge < -0.3 is 23.5 Å². The molecule has 0 rings (SSSR count). The summed E-state index contributed by atoms with van der Waals surface area (Å²) in [6, 6.07) is 0. The first-order valence-electron chi connectivity index (χ1n) is 5.32. The largest absolute Gasteiger partial charge is 0.533 e. The zero-order valence-corrected chi connectivity index (χ0v) is 10.9. The van der Waals surface area contributed by atoms with Gasteiger partial charge in [0.05, 0.1) is 6.10 Å². The molecule has 0 aliphatic carbocycles. The molecule has 0 heterocycles. The summed E-state index contributed by atoms with van der Waals surface area (Å²) in [5.74, 6) is 0. The van der Waals surface area contributed by atoms with Crippen LogP contribution in [0.1, 0.15) is 27.7 Å². The number of rotatable bonds is 8. The third-order valence-corrected chi connectivity index (χ3v) is 5.14. The van der Waals surface area contributed by atoms with Crippen LogP contribution in [0.4, 0.5) is 0 Å². The van der Waals surface area contributed by atoms with Crippen LogP contribution >= 0.6 is 0 Å². The van der Waals surface area contributed by atoms with Crippen molar-refractivity contribution in [2.75, 3.05) is 19.8 Å². The summed E-state index contributed by atoms with van der Waals surface area (Å²) >= 11 is 0. The fraction of sp³-hybridized carbons (Fsp3) is 1.00. The van der Waals surface area contributed by atoms with E-state index in [1.807, 2.05) is 0 Å². The van der Waals surface area contributed by atoms with E-state index in [1.165, 1.54) is 6.92 Å². The van der Waals surface area contributed by atoms with Crippen LogP contribution < -0.4 is 0 Å². The van der Waals surface area contributed by atoms with E-state index in [-0.39, 0.29) is 0 Å². The van der Waals surface area contributed by atoms with Gasteiger partial charge in [-0.2, -0.15) is 0 Å². The molecule has 0 aliphatic heterocycles. The van der Waals surface area contributed by atoms with Crippen molar-refractivity contribution in [3.8, 4) is 0 Å². The average molecular weight is 238 g/mol. The molecule has 2 N–H and O–H groups in total. The summed E-state index contributed by atoms with van der Waals surface area (Å²) in [6.07, 6.45) is -0.929. The Morgan fingerprint density at radius 1 is 0.933 bits per heavy atom. The maximum atomic E-state index is 9.87. The topological polar surface area (TPSA) is 68.2 Å². The summed E-state index contributed by atoms with van der Waals surface area (Å²) in [7, 11) is -3.16. The molecule has 0 fully saturated rings. The average Bonchev–Trinajstić information content (AvgIpc) is 2.17. The maximum Gasteiger partial charge on any atom is 0.533 e. The van der Waals surface area contributed by atoms with Crippen molar-refractivity contribution >= 4 is 8.80 Å². The molecule has 15 heavy (non-hydrogen) atoms. The van der Waals surface area contributed by atoms with Crippen molar-refractivity contribution in [3.05, 3.63) is 0 Å². The Kier molecular flexibility index (Phi) is 7.32. The van der Waals surface area contributed by atoms with Gasteiger partial charge in [0, 0.05) is 19.8 Å². The molecule has 2 atom stereocenters. The highest BCUT2D eigenvalue weighted by molar-refractivity contribution is 6.62. The normalized spacial score (nSPS) is 16.4. The van der Waals surface area contributed by atoms with E-state index in [0.717, 1.165) is 0 Å². The second kappa shape index (κ2) is 7.32. The van der Waals surface area contributed by atoms with Crippen LogP contribution in [0.15, 0.2) is 0 Å². The van der Waals surface area contributed by atoms with Gasteiger partial charge in [-0.3, -0.25) is 0 Å². The van der Waals surface area contributed by atoms with Crippen molar-refractivity contribution < 1.29 is 23.5 Å². The van der Waals surface area contributed by atoms with Gasteiger partial charge in [-0.25, -0.2) is 0 Å². The lowest BCUT2D eigenvalue weighted by molar-refractivity contribution is -0.0198. The van der Waals surface area contributed by atoms with Crippen LogP contribution in [-0.2, 0) is 13.3 Å². The lowest BCUT2D eigenvalue weighted by Gasteiger charge is -2.33. The fourth-order valence-corrected chi connectivity index (χ4v) is 3.84. The van der Waals surface area contributed by atoms with Crippen LogP contribution in [0.2, 0.25) is 0 Å². The summed E-state index contributed by atoms with van der Waals surface area (Å²) in [5, 5.41) is 19.2. The number of aliphatic hydroxyl groups is 2. The van der Waals surface area contributed by atoms with Crippen molar-refractivity contribution in [3.63, 3.8) is 0 Å². The van der Waals surface area contributed by atoms with E-state index < -0.39 is 20.6 Å². The van der Waals surface area contributed by atoms with Gasteiger partial charge in [-0.1, -0.05) is 0 Å². The maximum absolute atomic E-state index is 9.87. The molecule has 0 aromatic heterocycles. The fourth-order valence-electron chi connectivity index (χ4n) is 1.28. The third kappa shape index (κ3) is 4.18. The van der Waals surface area contributed by atoms with E-state index in [0.29, 0.717) is 19.8 Å². The minimum atomic E-state index is -3.16. The van der Waals surface area contributed by atoms with Gasteiger partial charge in [0.25, 0.3) is 0 Å². The number of hydrogen-bond donors (Lipinski definition) is 2. The molecule has 0 saturated carbocycles. The molecule has 0 aromatic carbocycles. The van der Waals surface area contributed by atoms with Crippen LogP contribution in [0, 0.1) is 0 Å². The molecule has 0 spiro atoms. The second-order valence-corrected chi connectivity index (χ2v) is 5.75. The SMILES string of the molecule is CCO[Si](OCC)(OCC)C(O)C(C)O. The van der Waals surface area contributed by atoms with Crippen LogP contribution in [0.5, 0.6) is 0 Å². The summed E-state index contributed by atoms with van der Waals surface area (Å²) in [5.41, 5.74) is -1.10. The Bertz CT molecular complexity index is 148. The molecular weight excluding hydrogens is 216 g/mol. The van der Waals surface area contributed by atoms with Gasteiger partial charge in [0.1, 0.15) is 5.73 Å². The third-order valence-electron chi connectivity index (χ3n) is 1.86. The van der Waals surface area contributed by atoms with Crippen molar-refractivity contribution in [2.45, 2.75) is 39.5 Å². The molecule has 0 aromatic rings. The van der Waals surface area contributed by atoms with Gasteiger partial charge in [-0.15, -0.1) is 0 Å². The highest BCUT2D eigenvalue weighted by Gasteiger charge is 2.51. The van der Waals surface area contributed by atoms with Gasteiger partial charge in [-0.05, 0) is 27.7 Å². The van der Waals surface area contributed by atoms with E-state index in [9.17, 15) is 10.2 Å². The Labute approximate surface area is 92.3 Å². The van der Waals surface area contributed by atoms with Crippen molar-refractivity contribution in [1.82, 2.24) is 0 Å². The molecule has 2 unspecified atom stereocenters. The zero-order chi connectivity index (χ0) is 11.9. The highest BCUT2D eigenvalue weighted by Crippen LogP contribution is 2.17. The lowest BCUT2D eigenvalue weighted by Crippen LogP contribution is -2.60. The van der Waals surface area contributed by atoms with Crippen LogP contribution in [0.3, 0.4) is 0 Å². The first kappa shape index (κ1) is 15.0. The Morgan fingerprint density at radius 2 is 1.27 bits per heavy atom. The molecule has 92 valence electrons. The van der Waals surface area contributed by atoms with Crippen molar-refractivity contribution in [1.29, 1.82) is 0 Å². The van der Waals surface area contributed by atoms with Crippen LogP contribution in [0.25, 0.3) is 0 Å². The minimum Gasteiger partial charge on any atom is -0.391 e. The standard InChI is InChI=1S/C9H22O5Si/c1-5-12-15(13-6-2,14-7-3)9(11)8(4)10/h8-11H,5-7H2,1-4H3. The highest BCUT2D eigenvalue weighted by atomic mass is 28.4. The Morgan fingerprint density at radius 3 is 1.47 bits per heavy atom. The first-order valence-corrected chi connectivity index (χ1v) is 7.12. The Balaban J connectivity index is 4.73. The van der Waals surface area contributed by atoms with E-state index in [2.05, 4.69) is 0 Å². The molecule has 6 heteroatoms. The van der Waals surface area contributed by atoms with E-state index in [1.54, 1.807) is 20.8 Å². The molecule has 0 radical (unpaired) electrons. The summed E-state index contributed by atoms with van der Waals surface area (Å²) < 4.78 is 16.3. The molecular formula is C9H22O5Si. The van der Waals surface area contributed by atoms with Crippen molar-refractivity contribution in [2.24, 2.45) is 0 Å². The van der Waals surface area contributed by atoms with Gasteiger partial charge >= 0.3 is 8.80 Å². The second-order valence-electron chi connectivity index (χ2n) is 3.09. The molecule has 0 amide bonds. The quantitative estimate of drug-likeness (QED) is 0.596. The van der Waals surface area contributed by atoms with Gasteiger partial charge in [0.15, 0.2) is 0 Å². The van der Waals surface area contributed by atoms with Crippen LogP contribution in [-0.4, -0.2) is 50.7 Å². The number of aliphatic hydroxyl groups excluding tert-OH is 2. The van der Waals surface area contributed by atoms with E-state index >= 15 is 0 Å². The monoisotopic (exact) mass is 238 g/mol. The predicted octanol–water partition coefficient (Wildman–Crippen LogP) is 0.316. The lowest BCUT2D eigenvalue weighted by atomic mass is 10.4. The molecule has 0 bridgehead atoms. The minimum absolute atomic E-state index is 0.385. The molecule has 0 aliphatic rings. The molecule has 0 saturated heterocycles. The number of hydrogen-bond acceptors (Lipinski definition) is 5. The Hall–Kier alpha value is 0.0169. The molecule has 5 nitrogen and oxygen atoms in total. The zero-order valence-electron chi connectivity index (χ0n) is 9.90. The first-order chi connectivity index (χ1) is 7.04. The van der Waals surface area contributed by atoms with E-state index in [4.69, 9.17) is 13.3 Å². The smallest absolute Gasteiger partial charge is 0.391 e. The summed E-state index contributed by atoms with van der Waals surface area (Å²) in [4.78, 5) is 0. The summed E-state index contributed by atoms with van der Waals surface area (Å²) in [6.45, 7) is 8.04. The predicted molar refractivity (Wildman–Crippen MR) is 58.3 cm³/mol. The van der Waals surface area contributed by atoms with Gasteiger partial charge in [0.2, 0.25) is 0 Å².